The zero-order valence-electron chi connectivity index (χ0n) is 13.1. The van der Waals surface area contributed by atoms with Gasteiger partial charge in [-0.3, -0.25) is 9.69 Å². The van der Waals surface area contributed by atoms with Crippen molar-refractivity contribution in [3.05, 3.63) is 35.4 Å². The Morgan fingerprint density at radius 3 is 2.70 bits per heavy atom. The second kappa shape index (κ2) is 6.53. The summed E-state index contributed by atoms with van der Waals surface area (Å²) in [6.45, 7) is 0.766. The Hall–Kier alpha value is -1.53. The molecule has 4 atom stereocenters. The molecule has 23 heavy (non-hydrogen) atoms. The van der Waals surface area contributed by atoms with Gasteiger partial charge in [-0.05, 0) is 50.4 Å². The molecule has 2 N–H and O–H groups in total. The summed E-state index contributed by atoms with van der Waals surface area (Å²) in [6, 6.07) is 3.54. The van der Waals surface area contributed by atoms with Gasteiger partial charge < -0.3 is 10.4 Å². The molecule has 0 radical (unpaired) electrons. The molecule has 6 heteroatoms. The van der Waals surface area contributed by atoms with Gasteiger partial charge >= 0.3 is 0 Å². The van der Waals surface area contributed by atoms with E-state index in [0.717, 1.165) is 25.5 Å². The second-order valence-electron chi connectivity index (χ2n) is 6.61. The highest BCUT2D eigenvalue weighted by Gasteiger charge is 2.38. The lowest BCUT2D eigenvalue weighted by molar-refractivity contribution is -0.128. The third-order valence-corrected chi connectivity index (χ3v) is 5.08. The number of hydrogen-bond donors (Lipinski definition) is 2. The van der Waals surface area contributed by atoms with Crippen LogP contribution in [0, 0.1) is 17.6 Å². The van der Waals surface area contributed by atoms with Gasteiger partial charge in [0.25, 0.3) is 0 Å². The Kier molecular flexibility index (Phi) is 4.64. The molecule has 1 aromatic rings. The van der Waals surface area contributed by atoms with E-state index in [1.807, 2.05) is 11.9 Å². The lowest BCUT2D eigenvalue weighted by atomic mass is 9.98. The van der Waals surface area contributed by atoms with Crippen molar-refractivity contribution in [2.45, 2.75) is 43.9 Å². The van der Waals surface area contributed by atoms with E-state index in [4.69, 9.17) is 0 Å². The van der Waals surface area contributed by atoms with Crippen LogP contribution in [0.3, 0.4) is 0 Å². The van der Waals surface area contributed by atoms with E-state index < -0.39 is 17.7 Å². The summed E-state index contributed by atoms with van der Waals surface area (Å²) in [5, 5.41) is 12.9. The SMILES string of the molecule is CN1CCC(NC(=O)C2CCCC2O)C1c1ccc(F)c(F)c1. The standard InChI is InChI=1S/C17H22F2N2O2/c1-21-8-7-14(20-17(23)11-3-2-4-15(11)22)16(21)10-5-6-12(18)13(19)9-10/h5-6,9,11,14-16,22H,2-4,7-8H2,1H3,(H,20,23). The monoisotopic (exact) mass is 324 g/mol. The van der Waals surface area contributed by atoms with Crippen molar-refractivity contribution in [2.24, 2.45) is 5.92 Å². The van der Waals surface area contributed by atoms with Crippen molar-refractivity contribution < 1.29 is 18.7 Å². The molecule has 1 aliphatic heterocycles. The first-order chi connectivity index (χ1) is 11.0. The smallest absolute Gasteiger partial charge is 0.226 e. The zero-order valence-corrected chi connectivity index (χ0v) is 13.1. The Labute approximate surface area is 134 Å². The molecule has 1 saturated carbocycles. The van der Waals surface area contributed by atoms with E-state index in [2.05, 4.69) is 5.32 Å². The van der Waals surface area contributed by atoms with Gasteiger partial charge in [0.05, 0.1) is 18.1 Å². The highest BCUT2D eigenvalue weighted by molar-refractivity contribution is 5.80. The molecule has 0 bridgehead atoms. The number of amides is 1. The minimum absolute atomic E-state index is 0.136. The summed E-state index contributed by atoms with van der Waals surface area (Å²) in [7, 11) is 1.91. The number of hydrogen-bond acceptors (Lipinski definition) is 3. The Morgan fingerprint density at radius 2 is 2.04 bits per heavy atom. The number of likely N-dealkylation sites (N-methyl/N-ethyl adjacent to an activating group) is 1. The maximum atomic E-state index is 13.5. The molecular weight excluding hydrogens is 302 g/mol. The van der Waals surface area contributed by atoms with Gasteiger partial charge in [-0.15, -0.1) is 0 Å². The van der Waals surface area contributed by atoms with Crippen molar-refractivity contribution in [1.29, 1.82) is 0 Å². The average molecular weight is 324 g/mol. The van der Waals surface area contributed by atoms with E-state index in [1.54, 1.807) is 6.07 Å². The maximum absolute atomic E-state index is 13.5. The van der Waals surface area contributed by atoms with E-state index in [1.165, 1.54) is 6.07 Å². The van der Waals surface area contributed by atoms with Gasteiger partial charge in [0.1, 0.15) is 0 Å². The third-order valence-electron chi connectivity index (χ3n) is 5.08. The quantitative estimate of drug-likeness (QED) is 0.894. The predicted molar refractivity (Wildman–Crippen MR) is 81.6 cm³/mol. The van der Waals surface area contributed by atoms with E-state index in [9.17, 15) is 18.7 Å². The number of aliphatic hydroxyl groups excluding tert-OH is 1. The molecule has 4 unspecified atom stereocenters. The summed E-state index contributed by atoms with van der Waals surface area (Å²) in [5.41, 5.74) is 0.654. The molecule has 0 aromatic heterocycles. The van der Waals surface area contributed by atoms with Crippen LogP contribution >= 0.6 is 0 Å². The first kappa shape index (κ1) is 16.3. The summed E-state index contributed by atoms with van der Waals surface area (Å²) < 4.78 is 26.7. The molecule has 4 nitrogen and oxygen atoms in total. The van der Waals surface area contributed by atoms with Crippen molar-refractivity contribution in [1.82, 2.24) is 10.2 Å². The van der Waals surface area contributed by atoms with E-state index in [-0.39, 0.29) is 23.9 Å². The second-order valence-corrected chi connectivity index (χ2v) is 6.61. The summed E-state index contributed by atoms with van der Waals surface area (Å²) >= 11 is 0. The number of carbonyl (C=O) groups is 1. The van der Waals surface area contributed by atoms with Crippen molar-refractivity contribution in [3.63, 3.8) is 0 Å². The van der Waals surface area contributed by atoms with Gasteiger partial charge in [-0.1, -0.05) is 6.07 Å². The van der Waals surface area contributed by atoms with Crippen molar-refractivity contribution in [3.8, 4) is 0 Å². The fourth-order valence-corrected chi connectivity index (χ4v) is 3.82. The van der Waals surface area contributed by atoms with E-state index in [0.29, 0.717) is 18.4 Å². The number of benzene rings is 1. The number of nitrogens with zero attached hydrogens (tertiary/aromatic N) is 1. The maximum Gasteiger partial charge on any atom is 0.226 e. The number of carbonyl (C=O) groups excluding carboxylic acids is 1. The molecule has 1 amide bonds. The van der Waals surface area contributed by atoms with Crippen molar-refractivity contribution in [2.75, 3.05) is 13.6 Å². The number of rotatable bonds is 3. The minimum atomic E-state index is -0.876. The summed E-state index contributed by atoms with van der Waals surface area (Å²) in [5.74, 6) is -2.24. The Bertz CT molecular complexity index is 596. The predicted octanol–water partition coefficient (Wildman–Crippen LogP) is 1.99. The van der Waals surface area contributed by atoms with Gasteiger partial charge in [-0.2, -0.15) is 0 Å². The Balaban J connectivity index is 1.75. The van der Waals surface area contributed by atoms with Crippen LogP contribution in [0.5, 0.6) is 0 Å². The molecule has 1 saturated heterocycles. The van der Waals surface area contributed by atoms with Gasteiger partial charge in [0.2, 0.25) is 5.91 Å². The molecule has 2 fully saturated rings. The number of likely N-dealkylation sites (tertiary alicyclic amines) is 1. The summed E-state index contributed by atoms with van der Waals surface area (Å²) in [6.07, 6.45) is 2.39. The minimum Gasteiger partial charge on any atom is -0.392 e. The van der Waals surface area contributed by atoms with Gasteiger partial charge in [0.15, 0.2) is 11.6 Å². The highest BCUT2D eigenvalue weighted by Crippen LogP contribution is 2.33. The molecule has 0 spiro atoms. The molecule has 1 heterocycles. The lowest BCUT2D eigenvalue weighted by Crippen LogP contribution is -2.43. The molecular formula is C17H22F2N2O2. The Morgan fingerprint density at radius 1 is 1.26 bits per heavy atom. The normalized spacial score (nSPS) is 31.5. The van der Waals surface area contributed by atoms with Crippen LogP contribution in [0.4, 0.5) is 8.78 Å². The van der Waals surface area contributed by atoms with Crippen LogP contribution in [0.15, 0.2) is 18.2 Å². The first-order valence-corrected chi connectivity index (χ1v) is 8.11. The van der Waals surface area contributed by atoms with Crippen LogP contribution in [-0.4, -0.2) is 41.7 Å². The topological polar surface area (TPSA) is 52.6 Å². The van der Waals surface area contributed by atoms with E-state index >= 15 is 0 Å². The van der Waals surface area contributed by atoms with Crippen LogP contribution in [0.2, 0.25) is 0 Å². The van der Waals surface area contributed by atoms with Crippen molar-refractivity contribution >= 4 is 5.91 Å². The van der Waals surface area contributed by atoms with Gasteiger partial charge in [-0.25, -0.2) is 8.78 Å². The van der Waals surface area contributed by atoms with Gasteiger partial charge in [0, 0.05) is 12.6 Å². The zero-order chi connectivity index (χ0) is 16.6. The lowest BCUT2D eigenvalue weighted by Gasteiger charge is -2.27. The fourth-order valence-electron chi connectivity index (χ4n) is 3.82. The van der Waals surface area contributed by atoms with Crippen LogP contribution < -0.4 is 5.32 Å². The number of aliphatic hydroxyl groups is 1. The summed E-state index contributed by atoms with van der Waals surface area (Å²) in [4.78, 5) is 14.4. The number of nitrogens with one attached hydrogen (secondary N) is 1. The van der Waals surface area contributed by atoms with Crippen LogP contribution in [0.25, 0.3) is 0 Å². The molecule has 126 valence electrons. The molecule has 1 aromatic carbocycles. The number of halogens is 2. The van der Waals surface area contributed by atoms with Crippen LogP contribution in [-0.2, 0) is 4.79 Å². The third kappa shape index (κ3) is 3.23. The largest absolute Gasteiger partial charge is 0.392 e. The molecule has 3 rings (SSSR count). The average Bonchev–Trinajstić information content (AvgIpc) is 3.08. The molecule has 2 aliphatic rings. The molecule has 1 aliphatic carbocycles. The fraction of sp³-hybridized carbons (Fsp3) is 0.588. The highest BCUT2D eigenvalue weighted by atomic mass is 19.2. The van der Waals surface area contributed by atoms with Crippen LogP contribution in [0.1, 0.15) is 37.3 Å². The first-order valence-electron chi connectivity index (χ1n) is 8.11.